The molecule has 0 saturated heterocycles. The molecule has 0 fully saturated rings. The van der Waals surface area contributed by atoms with Crippen LogP contribution in [0.4, 0.5) is 13.2 Å². The van der Waals surface area contributed by atoms with Crippen LogP contribution in [0.3, 0.4) is 0 Å². The Kier molecular flexibility index (Phi) is 8.02. The highest BCUT2D eigenvalue weighted by Gasteiger charge is 2.33. The molecule has 0 bridgehead atoms. The average molecular weight is 455 g/mol. The Labute approximate surface area is 180 Å². The van der Waals surface area contributed by atoms with Crippen molar-refractivity contribution in [3.63, 3.8) is 0 Å². The Hall–Kier alpha value is -2.65. The van der Waals surface area contributed by atoms with Gasteiger partial charge in [0.15, 0.2) is 0 Å². The minimum absolute atomic E-state index is 0.00483. The van der Waals surface area contributed by atoms with E-state index in [0.717, 1.165) is 6.07 Å². The van der Waals surface area contributed by atoms with Gasteiger partial charge in [-0.3, -0.25) is 4.79 Å². The number of likely N-dealkylation sites (N-methyl/N-ethyl adjacent to an activating group) is 1. The SMILES string of the molecule is CCN(CC)S(=O)(=O)c1ccc(/C=C/C(=O)N(C)Cc2ccccc2C(F)(F)F)cc1. The smallest absolute Gasteiger partial charge is 0.338 e. The molecule has 0 aliphatic rings. The summed E-state index contributed by atoms with van der Waals surface area (Å²) in [5, 5.41) is 0. The van der Waals surface area contributed by atoms with Crippen molar-refractivity contribution in [2.75, 3.05) is 20.1 Å². The standard InChI is InChI=1S/C22H25F3N2O3S/c1-4-27(5-2)31(29,30)19-13-10-17(11-14-19)12-15-21(28)26(3)16-18-8-6-7-9-20(18)22(23,24)25/h6-15H,4-5,16H2,1-3H3/b15-12+. The van der Waals surface area contributed by atoms with Gasteiger partial charge < -0.3 is 4.90 Å². The molecule has 2 aromatic carbocycles. The van der Waals surface area contributed by atoms with Crippen LogP contribution in [-0.4, -0.2) is 43.7 Å². The van der Waals surface area contributed by atoms with E-state index >= 15 is 0 Å². The van der Waals surface area contributed by atoms with Crippen molar-refractivity contribution in [3.8, 4) is 0 Å². The summed E-state index contributed by atoms with van der Waals surface area (Å²) in [6, 6.07) is 11.2. The highest BCUT2D eigenvalue weighted by atomic mass is 32.2. The zero-order chi connectivity index (χ0) is 23.2. The molecular formula is C22H25F3N2O3S. The van der Waals surface area contributed by atoms with E-state index in [1.807, 2.05) is 0 Å². The first-order valence-corrected chi connectivity index (χ1v) is 11.1. The van der Waals surface area contributed by atoms with Gasteiger partial charge in [-0.25, -0.2) is 8.42 Å². The zero-order valence-electron chi connectivity index (χ0n) is 17.6. The van der Waals surface area contributed by atoms with E-state index in [2.05, 4.69) is 0 Å². The molecule has 9 heteroatoms. The molecule has 0 aliphatic heterocycles. The Morgan fingerprint density at radius 2 is 1.58 bits per heavy atom. The average Bonchev–Trinajstić information content (AvgIpc) is 2.72. The van der Waals surface area contributed by atoms with Crippen molar-refractivity contribution in [3.05, 3.63) is 71.3 Å². The summed E-state index contributed by atoms with van der Waals surface area (Å²) < 4.78 is 65.7. The van der Waals surface area contributed by atoms with Crippen molar-refractivity contribution in [2.24, 2.45) is 0 Å². The van der Waals surface area contributed by atoms with Crippen molar-refractivity contribution >= 4 is 22.0 Å². The van der Waals surface area contributed by atoms with Crippen molar-refractivity contribution in [2.45, 2.75) is 31.5 Å². The van der Waals surface area contributed by atoms with Gasteiger partial charge >= 0.3 is 6.18 Å². The maximum atomic E-state index is 13.1. The predicted octanol–water partition coefficient (Wildman–Crippen LogP) is 4.41. The van der Waals surface area contributed by atoms with Gasteiger partial charge in [0.2, 0.25) is 15.9 Å². The fourth-order valence-electron chi connectivity index (χ4n) is 3.03. The summed E-state index contributed by atoms with van der Waals surface area (Å²) in [7, 11) is -2.16. The van der Waals surface area contributed by atoms with Crippen LogP contribution in [0.5, 0.6) is 0 Å². The number of sulfonamides is 1. The number of alkyl halides is 3. The Morgan fingerprint density at radius 1 is 1.00 bits per heavy atom. The van der Waals surface area contributed by atoms with E-state index in [9.17, 15) is 26.4 Å². The van der Waals surface area contributed by atoms with Crippen LogP contribution in [0.1, 0.15) is 30.5 Å². The first-order chi connectivity index (χ1) is 14.5. The van der Waals surface area contributed by atoms with Gasteiger partial charge in [0.1, 0.15) is 0 Å². The molecule has 0 aromatic heterocycles. The number of amides is 1. The molecule has 0 unspecified atom stereocenters. The van der Waals surface area contributed by atoms with Gasteiger partial charge in [0.25, 0.3) is 0 Å². The molecule has 168 valence electrons. The molecule has 0 spiro atoms. The number of rotatable bonds is 8. The summed E-state index contributed by atoms with van der Waals surface area (Å²) >= 11 is 0. The van der Waals surface area contributed by atoms with Gasteiger partial charge in [-0.1, -0.05) is 44.2 Å². The second kappa shape index (κ2) is 10.1. The number of nitrogens with zero attached hydrogens (tertiary/aromatic N) is 2. The topological polar surface area (TPSA) is 57.7 Å². The molecule has 0 radical (unpaired) electrons. The molecule has 31 heavy (non-hydrogen) atoms. The number of benzene rings is 2. The highest BCUT2D eigenvalue weighted by Crippen LogP contribution is 2.32. The van der Waals surface area contributed by atoms with Gasteiger partial charge in [-0.15, -0.1) is 0 Å². The second-order valence-electron chi connectivity index (χ2n) is 6.84. The van der Waals surface area contributed by atoms with E-state index in [0.29, 0.717) is 18.7 Å². The van der Waals surface area contributed by atoms with Crippen LogP contribution in [0.15, 0.2) is 59.5 Å². The molecule has 0 heterocycles. The number of carbonyl (C=O) groups excluding carboxylic acids is 1. The van der Waals surface area contributed by atoms with Gasteiger partial charge in [-0.05, 0) is 35.4 Å². The van der Waals surface area contributed by atoms with Gasteiger partial charge in [0, 0.05) is 32.8 Å². The lowest BCUT2D eigenvalue weighted by Gasteiger charge is -2.19. The zero-order valence-corrected chi connectivity index (χ0v) is 18.4. The minimum Gasteiger partial charge on any atom is -0.338 e. The van der Waals surface area contributed by atoms with Crippen molar-refractivity contribution < 1.29 is 26.4 Å². The number of hydrogen-bond acceptors (Lipinski definition) is 3. The van der Waals surface area contributed by atoms with Gasteiger partial charge in [0.05, 0.1) is 10.5 Å². The van der Waals surface area contributed by atoms with Crippen LogP contribution in [-0.2, 0) is 27.5 Å². The van der Waals surface area contributed by atoms with Crippen molar-refractivity contribution in [1.29, 1.82) is 0 Å². The lowest BCUT2D eigenvalue weighted by molar-refractivity contribution is -0.139. The number of halogens is 3. The van der Waals surface area contributed by atoms with E-state index in [1.165, 1.54) is 58.7 Å². The third-order valence-corrected chi connectivity index (χ3v) is 6.81. The number of hydrogen-bond donors (Lipinski definition) is 0. The van der Waals surface area contributed by atoms with Crippen LogP contribution in [0.2, 0.25) is 0 Å². The fraction of sp³-hybridized carbons (Fsp3) is 0.318. The molecule has 1 amide bonds. The summed E-state index contributed by atoms with van der Waals surface area (Å²) in [5.41, 5.74) is -0.176. The van der Waals surface area contributed by atoms with E-state index in [4.69, 9.17) is 0 Å². The first-order valence-electron chi connectivity index (χ1n) is 9.69. The molecule has 0 aliphatic carbocycles. The van der Waals surface area contributed by atoms with E-state index in [-0.39, 0.29) is 17.0 Å². The minimum atomic E-state index is -4.50. The van der Waals surface area contributed by atoms with Crippen molar-refractivity contribution in [1.82, 2.24) is 9.21 Å². The fourth-order valence-corrected chi connectivity index (χ4v) is 4.48. The van der Waals surface area contributed by atoms with Crippen LogP contribution in [0, 0.1) is 0 Å². The van der Waals surface area contributed by atoms with Crippen LogP contribution < -0.4 is 0 Å². The largest absolute Gasteiger partial charge is 0.416 e. The lowest BCUT2D eigenvalue weighted by atomic mass is 10.1. The molecular weight excluding hydrogens is 429 g/mol. The third kappa shape index (κ3) is 6.18. The normalized spacial score (nSPS) is 12.5. The Balaban J connectivity index is 2.10. The number of carbonyl (C=O) groups is 1. The monoisotopic (exact) mass is 454 g/mol. The molecule has 2 rings (SSSR count). The summed E-state index contributed by atoms with van der Waals surface area (Å²) in [4.78, 5) is 13.7. The maximum Gasteiger partial charge on any atom is 0.416 e. The van der Waals surface area contributed by atoms with E-state index in [1.54, 1.807) is 26.0 Å². The molecule has 5 nitrogen and oxygen atoms in total. The Morgan fingerprint density at radius 3 is 2.13 bits per heavy atom. The summed E-state index contributed by atoms with van der Waals surface area (Å²) in [5.74, 6) is -0.475. The highest BCUT2D eigenvalue weighted by molar-refractivity contribution is 7.89. The van der Waals surface area contributed by atoms with Crippen LogP contribution >= 0.6 is 0 Å². The first kappa shape index (κ1) is 24.6. The second-order valence-corrected chi connectivity index (χ2v) is 8.78. The van der Waals surface area contributed by atoms with Crippen LogP contribution in [0.25, 0.3) is 6.08 Å². The van der Waals surface area contributed by atoms with E-state index < -0.39 is 27.7 Å². The molecule has 0 saturated carbocycles. The molecule has 0 N–H and O–H groups in total. The third-order valence-electron chi connectivity index (χ3n) is 4.75. The molecule has 0 atom stereocenters. The summed E-state index contributed by atoms with van der Waals surface area (Å²) in [6.45, 7) is 4.04. The maximum absolute atomic E-state index is 13.1. The Bertz CT molecular complexity index is 1030. The quantitative estimate of drug-likeness (QED) is 0.556. The van der Waals surface area contributed by atoms with Gasteiger partial charge in [-0.2, -0.15) is 17.5 Å². The molecule has 2 aromatic rings. The predicted molar refractivity (Wildman–Crippen MR) is 114 cm³/mol. The lowest BCUT2D eigenvalue weighted by Crippen LogP contribution is -2.30. The summed E-state index contributed by atoms with van der Waals surface area (Å²) in [6.07, 6.45) is -1.77.